The van der Waals surface area contributed by atoms with Gasteiger partial charge < -0.3 is 14.8 Å². The lowest BCUT2D eigenvalue weighted by atomic mass is 10.0. The summed E-state index contributed by atoms with van der Waals surface area (Å²) in [6.45, 7) is 6.05. The summed E-state index contributed by atoms with van der Waals surface area (Å²) >= 11 is 6.80. The first-order valence-corrected chi connectivity index (χ1v) is 14.9. The Bertz CT molecular complexity index is 1730. The molecule has 1 heterocycles. The van der Waals surface area contributed by atoms with Crippen LogP contribution in [0.3, 0.4) is 0 Å². The first-order valence-electron chi connectivity index (χ1n) is 13.7. The standard InChI is InChI=1S/C34H29ClN2O5S/c1-3-8-25-17-23(18-29(41-4-2)32(25)42-21-22-13-15-26(35)16-14-22)19-30-33(39)37(34(40)43-30)20-31(38)36-28-12-7-10-24-9-5-6-11-27(24)28/h3,5-7,9-19H,1,4,8,20-21H2,2H3,(H,36,38)/b30-19-. The molecule has 1 aliphatic heterocycles. The maximum atomic E-state index is 13.2. The van der Waals surface area contributed by atoms with E-state index in [0.717, 1.165) is 38.6 Å². The lowest BCUT2D eigenvalue weighted by molar-refractivity contribution is -0.127. The minimum absolute atomic E-state index is 0.213. The minimum atomic E-state index is -0.533. The van der Waals surface area contributed by atoms with Crippen molar-refractivity contribution in [2.24, 2.45) is 0 Å². The van der Waals surface area contributed by atoms with E-state index in [1.54, 1.807) is 36.4 Å². The highest BCUT2D eigenvalue weighted by molar-refractivity contribution is 8.18. The van der Waals surface area contributed by atoms with Crippen molar-refractivity contribution in [2.75, 3.05) is 18.5 Å². The second-order valence-corrected chi connectivity index (χ2v) is 11.1. The Kier molecular flexibility index (Phi) is 9.49. The molecule has 7 nitrogen and oxygen atoms in total. The van der Waals surface area contributed by atoms with Crippen LogP contribution in [0.1, 0.15) is 23.6 Å². The lowest BCUT2D eigenvalue weighted by Crippen LogP contribution is -2.36. The molecule has 0 bridgehead atoms. The molecule has 1 aliphatic rings. The Balaban J connectivity index is 1.35. The summed E-state index contributed by atoms with van der Waals surface area (Å²) in [5.74, 6) is 0.0891. The number of hydrogen-bond donors (Lipinski definition) is 1. The van der Waals surface area contributed by atoms with Crippen molar-refractivity contribution < 1.29 is 23.9 Å². The van der Waals surface area contributed by atoms with E-state index in [1.807, 2.05) is 61.5 Å². The number of allylic oxidation sites excluding steroid dienone is 1. The Morgan fingerprint density at radius 1 is 1.02 bits per heavy atom. The first-order chi connectivity index (χ1) is 20.9. The van der Waals surface area contributed by atoms with Crippen molar-refractivity contribution in [3.63, 3.8) is 0 Å². The zero-order chi connectivity index (χ0) is 30.3. The number of rotatable bonds is 11. The molecule has 4 aromatic rings. The van der Waals surface area contributed by atoms with Crippen molar-refractivity contribution in [3.8, 4) is 11.5 Å². The third-order valence-electron chi connectivity index (χ3n) is 6.65. The Labute approximate surface area is 259 Å². The first kappa shape index (κ1) is 29.9. The largest absolute Gasteiger partial charge is 0.490 e. The molecule has 0 atom stereocenters. The fourth-order valence-corrected chi connectivity index (χ4v) is 5.66. The molecule has 1 N–H and O–H groups in total. The van der Waals surface area contributed by atoms with Gasteiger partial charge in [-0.3, -0.25) is 19.3 Å². The summed E-state index contributed by atoms with van der Waals surface area (Å²) in [6.07, 6.45) is 3.88. The van der Waals surface area contributed by atoms with E-state index in [9.17, 15) is 14.4 Å². The third-order valence-corrected chi connectivity index (χ3v) is 7.81. The second kappa shape index (κ2) is 13.6. The van der Waals surface area contributed by atoms with Gasteiger partial charge in [-0.1, -0.05) is 66.2 Å². The van der Waals surface area contributed by atoms with Gasteiger partial charge in [-0.15, -0.1) is 6.58 Å². The van der Waals surface area contributed by atoms with Crippen molar-refractivity contribution in [2.45, 2.75) is 20.0 Å². The van der Waals surface area contributed by atoms with Gasteiger partial charge in [0.15, 0.2) is 11.5 Å². The average molecular weight is 613 g/mol. The highest BCUT2D eigenvalue weighted by Crippen LogP contribution is 2.38. The molecule has 0 unspecified atom stereocenters. The molecule has 0 aliphatic carbocycles. The Morgan fingerprint density at radius 2 is 1.79 bits per heavy atom. The van der Waals surface area contributed by atoms with Gasteiger partial charge in [0.2, 0.25) is 5.91 Å². The second-order valence-electron chi connectivity index (χ2n) is 9.69. The van der Waals surface area contributed by atoms with Crippen molar-refractivity contribution in [1.82, 2.24) is 4.90 Å². The number of amides is 3. The molecular weight excluding hydrogens is 584 g/mol. The van der Waals surface area contributed by atoms with Crippen LogP contribution >= 0.6 is 23.4 Å². The smallest absolute Gasteiger partial charge is 0.294 e. The maximum absolute atomic E-state index is 13.2. The number of nitrogens with zero attached hydrogens (tertiary/aromatic N) is 1. The zero-order valence-electron chi connectivity index (χ0n) is 23.5. The number of nitrogens with one attached hydrogen (secondary N) is 1. The van der Waals surface area contributed by atoms with E-state index in [-0.39, 0.29) is 4.91 Å². The number of halogens is 1. The number of thioether (sulfide) groups is 1. The van der Waals surface area contributed by atoms with Crippen molar-refractivity contribution >= 4 is 63.0 Å². The monoisotopic (exact) mass is 612 g/mol. The van der Waals surface area contributed by atoms with Crippen LogP contribution in [0.15, 0.2) is 96.4 Å². The van der Waals surface area contributed by atoms with Gasteiger partial charge >= 0.3 is 0 Å². The average Bonchev–Trinajstić information content (AvgIpc) is 3.25. The van der Waals surface area contributed by atoms with Gasteiger partial charge in [-0.2, -0.15) is 0 Å². The van der Waals surface area contributed by atoms with Crippen LogP contribution in [0.25, 0.3) is 16.8 Å². The number of fused-ring (bicyclic) bond motifs is 1. The number of imide groups is 1. The summed E-state index contributed by atoms with van der Waals surface area (Å²) < 4.78 is 12.1. The fourth-order valence-electron chi connectivity index (χ4n) is 4.69. The number of ether oxygens (including phenoxy) is 2. The molecule has 43 heavy (non-hydrogen) atoms. The summed E-state index contributed by atoms with van der Waals surface area (Å²) in [4.78, 5) is 40.1. The molecular formula is C34H29ClN2O5S. The summed E-state index contributed by atoms with van der Waals surface area (Å²) in [5, 5.41) is 4.81. The minimum Gasteiger partial charge on any atom is -0.490 e. The van der Waals surface area contributed by atoms with Crippen LogP contribution in [0.4, 0.5) is 10.5 Å². The van der Waals surface area contributed by atoms with E-state index in [1.165, 1.54) is 0 Å². The molecule has 3 amide bonds. The molecule has 218 valence electrons. The van der Waals surface area contributed by atoms with Crippen LogP contribution in [-0.2, 0) is 22.6 Å². The van der Waals surface area contributed by atoms with E-state index in [2.05, 4.69) is 11.9 Å². The van der Waals surface area contributed by atoms with Crippen LogP contribution in [0, 0.1) is 0 Å². The summed E-state index contributed by atoms with van der Waals surface area (Å²) in [5.41, 5.74) is 3.03. The van der Waals surface area contributed by atoms with Crippen molar-refractivity contribution in [3.05, 3.63) is 118 Å². The van der Waals surface area contributed by atoms with Gasteiger partial charge in [0.05, 0.1) is 11.5 Å². The Hall–Kier alpha value is -4.53. The number of hydrogen-bond acceptors (Lipinski definition) is 6. The van der Waals surface area contributed by atoms with Gasteiger partial charge in [0.1, 0.15) is 13.2 Å². The lowest BCUT2D eigenvalue weighted by Gasteiger charge is -2.17. The van der Waals surface area contributed by atoms with E-state index >= 15 is 0 Å². The number of anilines is 1. The molecule has 9 heteroatoms. The summed E-state index contributed by atoms with van der Waals surface area (Å²) in [6, 6.07) is 24.3. The predicted molar refractivity (Wildman–Crippen MR) is 173 cm³/mol. The van der Waals surface area contributed by atoms with Crippen molar-refractivity contribution in [1.29, 1.82) is 0 Å². The number of carbonyl (C=O) groups is 3. The predicted octanol–water partition coefficient (Wildman–Crippen LogP) is 7.87. The SMILES string of the molecule is C=CCc1cc(/C=C2\SC(=O)N(CC(=O)Nc3cccc4ccccc34)C2=O)cc(OCC)c1OCc1ccc(Cl)cc1. The van der Waals surface area contributed by atoms with E-state index < -0.39 is 23.6 Å². The highest BCUT2D eigenvalue weighted by Gasteiger charge is 2.36. The molecule has 5 rings (SSSR count). The quantitative estimate of drug-likeness (QED) is 0.137. The van der Waals surface area contributed by atoms with Gasteiger partial charge in [0, 0.05) is 21.7 Å². The maximum Gasteiger partial charge on any atom is 0.294 e. The van der Waals surface area contributed by atoms with E-state index in [4.69, 9.17) is 21.1 Å². The third kappa shape index (κ3) is 7.10. The van der Waals surface area contributed by atoms with Crippen LogP contribution in [0.5, 0.6) is 11.5 Å². The van der Waals surface area contributed by atoms with Gasteiger partial charge in [0.25, 0.3) is 11.1 Å². The molecule has 4 aromatic carbocycles. The molecule has 0 spiro atoms. The Morgan fingerprint density at radius 3 is 2.56 bits per heavy atom. The molecule has 0 saturated carbocycles. The van der Waals surface area contributed by atoms with E-state index in [0.29, 0.717) is 47.4 Å². The van der Waals surface area contributed by atoms with Gasteiger partial charge in [-0.25, -0.2) is 0 Å². The summed E-state index contributed by atoms with van der Waals surface area (Å²) in [7, 11) is 0. The van der Waals surface area contributed by atoms with Gasteiger partial charge in [-0.05, 0) is 78.0 Å². The zero-order valence-corrected chi connectivity index (χ0v) is 25.0. The molecule has 0 aromatic heterocycles. The number of carbonyl (C=O) groups excluding carboxylic acids is 3. The van der Waals surface area contributed by atoms with Crippen LogP contribution in [-0.4, -0.2) is 35.1 Å². The fraction of sp³-hybridized carbons (Fsp3) is 0.147. The topological polar surface area (TPSA) is 84.9 Å². The number of benzene rings is 4. The molecule has 0 radical (unpaired) electrons. The normalized spacial score (nSPS) is 13.9. The van der Waals surface area contributed by atoms with Crippen LogP contribution < -0.4 is 14.8 Å². The molecule has 1 fully saturated rings. The van der Waals surface area contributed by atoms with Crippen LogP contribution in [0.2, 0.25) is 5.02 Å². The highest BCUT2D eigenvalue weighted by atomic mass is 35.5. The molecule has 1 saturated heterocycles.